The average Bonchev–Trinajstić information content (AvgIpc) is 2.82. The number of rotatable bonds is 10. The minimum atomic E-state index is 0.634. The van der Waals surface area contributed by atoms with Gasteiger partial charge < -0.3 is 4.74 Å². The predicted molar refractivity (Wildman–Crippen MR) is 129 cm³/mol. The van der Waals surface area contributed by atoms with Gasteiger partial charge in [0.15, 0.2) is 0 Å². The van der Waals surface area contributed by atoms with Crippen molar-refractivity contribution in [2.45, 2.75) is 33.6 Å². The summed E-state index contributed by atoms with van der Waals surface area (Å²) in [5.41, 5.74) is 6.69. The maximum absolute atomic E-state index is 5.95. The molecule has 3 aromatic carbocycles. The molecule has 3 aromatic rings. The van der Waals surface area contributed by atoms with Crippen LogP contribution in [0.4, 0.5) is 0 Å². The normalized spacial score (nSPS) is 12.0. The minimum Gasteiger partial charge on any atom is -0.478 e. The highest BCUT2D eigenvalue weighted by molar-refractivity contribution is 5.91. The van der Waals surface area contributed by atoms with Gasteiger partial charge in [0.1, 0.15) is 12.5 Å². The third kappa shape index (κ3) is 5.84. The summed E-state index contributed by atoms with van der Waals surface area (Å²) in [6, 6.07) is 30.1. The third-order valence-electron chi connectivity index (χ3n) is 5.57. The number of ether oxygens (including phenoxy) is 1. The van der Waals surface area contributed by atoms with Gasteiger partial charge in [0.2, 0.25) is 0 Å². The zero-order valence-corrected chi connectivity index (χ0v) is 18.5. The van der Waals surface area contributed by atoms with E-state index in [1.54, 1.807) is 0 Å². The van der Waals surface area contributed by atoms with E-state index in [4.69, 9.17) is 4.74 Å². The van der Waals surface area contributed by atoms with Crippen LogP contribution in [0.2, 0.25) is 0 Å². The molecule has 2 heteroatoms. The van der Waals surface area contributed by atoms with Crippen LogP contribution in [0.5, 0.6) is 5.75 Å². The molecule has 0 atom stereocenters. The van der Waals surface area contributed by atoms with Crippen molar-refractivity contribution in [3.8, 4) is 5.75 Å². The highest BCUT2D eigenvalue weighted by atomic mass is 16.5. The van der Waals surface area contributed by atoms with E-state index in [0.717, 1.165) is 31.7 Å². The van der Waals surface area contributed by atoms with Crippen molar-refractivity contribution in [3.63, 3.8) is 0 Å². The second kappa shape index (κ2) is 11.4. The van der Waals surface area contributed by atoms with Gasteiger partial charge in [-0.2, -0.15) is 0 Å². The lowest BCUT2D eigenvalue weighted by molar-refractivity contribution is 0.137. The van der Waals surface area contributed by atoms with Gasteiger partial charge in [0.05, 0.1) is 0 Å². The average molecular weight is 400 g/mol. The van der Waals surface area contributed by atoms with Gasteiger partial charge >= 0.3 is 0 Å². The molecule has 2 nitrogen and oxygen atoms in total. The Labute approximate surface area is 181 Å². The quantitative estimate of drug-likeness (QED) is 0.271. The number of hydrogen-bond acceptors (Lipinski definition) is 2. The zero-order valence-electron chi connectivity index (χ0n) is 18.5. The number of hydrogen-bond donors (Lipinski definition) is 0. The fourth-order valence-electron chi connectivity index (χ4n) is 3.73. The topological polar surface area (TPSA) is 12.5 Å². The van der Waals surface area contributed by atoms with Gasteiger partial charge in [-0.3, -0.25) is 4.90 Å². The zero-order chi connectivity index (χ0) is 21.2. The van der Waals surface area contributed by atoms with Crippen LogP contribution in [0.1, 0.15) is 43.9 Å². The summed E-state index contributed by atoms with van der Waals surface area (Å²) in [6.07, 6.45) is 1.90. The van der Waals surface area contributed by atoms with Crippen LogP contribution < -0.4 is 4.74 Å². The summed E-state index contributed by atoms with van der Waals surface area (Å²) in [7, 11) is 0. The Balaban J connectivity index is 1.86. The SMILES string of the molecule is CC/C(=C(/Cc1ccc(OCN(CC)CC)cc1)c1ccccc1)c1ccccc1. The van der Waals surface area contributed by atoms with Gasteiger partial charge in [-0.25, -0.2) is 0 Å². The molecule has 0 aliphatic carbocycles. The van der Waals surface area contributed by atoms with Crippen molar-refractivity contribution in [3.05, 3.63) is 102 Å². The Hall–Kier alpha value is -2.84. The van der Waals surface area contributed by atoms with Crippen LogP contribution in [0.3, 0.4) is 0 Å². The summed E-state index contributed by atoms with van der Waals surface area (Å²) in [5, 5.41) is 0. The Morgan fingerprint density at radius 2 is 1.20 bits per heavy atom. The van der Waals surface area contributed by atoms with E-state index in [2.05, 4.69) is 111 Å². The third-order valence-corrected chi connectivity index (χ3v) is 5.57. The van der Waals surface area contributed by atoms with Crippen LogP contribution in [-0.2, 0) is 6.42 Å². The lowest BCUT2D eigenvalue weighted by Gasteiger charge is -2.19. The second-order valence-corrected chi connectivity index (χ2v) is 7.44. The first kappa shape index (κ1) is 21.9. The van der Waals surface area contributed by atoms with E-state index in [-0.39, 0.29) is 0 Å². The predicted octanol–water partition coefficient (Wildman–Crippen LogP) is 6.93. The molecule has 0 unspecified atom stereocenters. The molecule has 0 aliphatic heterocycles. The standard InChI is InChI=1S/C28H33NO/c1-4-27(24-13-9-7-10-14-24)28(25-15-11-8-12-16-25)21-23-17-19-26(20-18-23)30-22-29(5-2)6-3/h7-20H,4-6,21-22H2,1-3H3/b28-27+. The first-order valence-corrected chi connectivity index (χ1v) is 11.0. The molecule has 0 saturated carbocycles. The maximum atomic E-state index is 5.95. The summed E-state index contributed by atoms with van der Waals surface area (Å²) in [4.78, 5) is 2.26. The highest BCUT2D eigenvalue weighted by Crippen LogP contribution is 2.32. The molecule has 0 saturated heterocycles. The van der Waals surface area contributed by atoms with Crippen molar-refractivity contribution in [1.82, 2.24) is 4.90 Å². The minimum absolute atomic E-state index is 0.634. The molecule has 0 aliphatic rings. The van der Waals surface area contributed by atoms with Crippen LogP contribution in [0, 0.1) is 0 Å². The lowest BCUT2D eigenvalue weighted by atomic mass is 9.89. The first-order valence-electron chi connectivity index (χ1n) is 11.0. The van der Waals surface area contributed by atoms with Crippen molar-refractivity contribution in [2.24, 2.45) is 0 Å². The molecule has 30 heavy (non-hydrogen) atoms. The molecule has 156 valence electrons. The molecule has 0 N–H and O–H groups in total. The van der Waals surface area contributed by atoms with Crippen molar-refractivity contribution >= 4 is 11.1 Å². The van der Waals surface area contributed by atoms with Crippen LogP contribution in [0.15, 0.2) is 84.9 Å². The van der Waals surface area contributed by atoms with E-state index in [1.807, 2.05) is 0 Å². The van der Waals surface area contributed by atoms with Gasteiger partial charge in [0, 0.05) is 0 Å². The van der Waals surface area contributed by atoms with E-state index in [1.165, 1.54) is 27.8 Å². The Morgan fingerprint density at radius 3 is 1.70 bits per heavy atom. The molecular formula is C28H33NO. The molecule has 0 bridgehead atoms. The van der Waals surface area contributed by atoms with Gasteiger partial charge in [-0.15, -0.1) is 0 Å². The smallest absolute Gasteiger partial charge is 0.142 e. The molecule has 0 amide bonds. The summed E-state index contributed by atoms with van der Waals surface area (Å²) in [6.45, 7) is 9.19. The molecule has 0 radical (unpaired) electrons. The van der Waals surface area contributed by atoms with Crippen LogP contribution in [-0.4, -0.2) is 24.7 Å². The van der Waals surface area contributed by atoms with E-state index in [9.17, 15) is 0 Å². The number of nitrogens with zero attached hydrogens (tertiary/aromatic N) is 1. The fourth-order valence-corrected chi connectivity index (χ4v) is 3.73. The largest absolute Gasteiger partial charge is 0.478 e. The molecule has 0 aromatic heterocycles. The Bertz CT molecular complexity index is 910. The van der Waals surface area contributed by atoms with Crippen LogP contribution >= 0.6 is 0 Å². The maximum Gasteiger partial charge on any atom is 0.142 e. The molecular weight excluding hydrogens is 366 g/mol. The second-order valence-electron chi connectivity index (χ2n) is 7.44. The van der Waals surface area contributed by atoms with Crippen molar-refractivity contribution in [1.29, 1.82) is 0 Å². The van der Waals surface area contributed by atoms with E-state index in [0.29, 0.717) is 6.73 Å². The van der Waals surface area contributed by atoms with Crippen molar-refractivity contribution in [2.75, 3.05) is 19.8 Å². The highest BCUT2D eigenvalue weighted by Gasteiger charge is 2.11. The summed E-state index contributed by atoms with van der Waals surface area (Å²) < 4.78 is 5.95. The van der Waals surface area contributed by atoms with E-state index >= 15 is 0 Å². The van der Waals surface area contributed by atoms with E-state index < -0.39 is 0 Å². The summed E-state index contributed by atoms with van der Waals surface area (Å²) >= 11 is 0. The molecule has 3 rings (SSSR count). The Kier molecular flexibility index (Phi) is 8.29. The van der Waals surface area contributed by atoms with Gasteiger partial charge in [-0.05, 0) is 65.9 Å². The molecule has 0 fully saturated rings. The number of allylic oxidation sites excluding steroid dienone is 2. The van der Waals surface area contributed by atoms with Crippen LogP contribution in [0.25, 0.3) is 11.1 Å². The first-order chi connectivity index (χ1) is 14.7. The van der Waals surface area contributed by atoms with Gasteiger partial charge in [0.25, 0.3) is 0 Å². The summed E-state index contributed by atoms with van der Waals surface area (Å²) in [5.74, 6) is 0.926. The lowest BCUT2D eigenvalue weighted by Crippen LogP contribution is -2.27. The molecule has 0 spiro atoms. The van der Waals surface area contributed by atoms with Crippen molar-refractivity contribution < 1.29 is 4.74 Å². The Morgan fingerprint density at radius 1 is 0.667 bits per heavy atom. The van der Waals surface area contributed by atoms with Gasteiger partial charge in [-0.1, -0.05) is 93.6 Å². The monoisotopic (exact) mass is 399 g/mol. The number of benzene rings is 3. The molecule has 0 heterocycles. The fraction of sp³-hybridized carbons (Fsp3) is 0.286.